The molecule has 0 heterocycles. The number of esters is 1. The number of carboxylic acids is 1. The molecule has 0 amide bonds. The average molecular weight is 609 g/mol. The quantitative estimate of drug-likeness (QED) is 0.0567. The van der Waals surface area contributed by atoms with E-state index in [1.165, 1.54) is 173 Å². The van der Waals surface area contributed by atoms with Crippen LogP contribution in [0.3, 0.4) is 0 Å². The molecule has 0 rings (SSSR count). The SMILES string of the molecule is CCCCCCCCCCCCCCCCCCCCCC(CC(=O)O)OC(=O)CCCCCCCCCCCCCC. The van der Waals surface area contributed by atoms with E-state index in [2.05, 4.69) is 13.8 Å². The first-order chi connectivity index (χ1) is 21.1. The Morgan fingerprint density at radius 3 is 1.02 bits per heavy atom. The highest BCUT2D eigenvalue weighted by Crippen LogP contribution is 2.18. The summed E-state index contributed by atoms with van der Waals surface area (Å²) in [6.45, 7) is 4.55. The summed E-state index contributed by atoms with van der Waals surface area (Å²) in [5.41, 5.74) is 0. The summed E-state index contributed by atoms with van der Waals surface area (Å²) in [5, 5.41) is 9.25. The summed E-state index contributed by atoms with van der Waals surface area (Å²) in [4.78, 5) is 23.6. The number of ether oxygens (including phenoxy) is 1. The van der Waals surface area contributed by atoms with Crippen LogP contribution in [0.4, 0.5) is 0 Å². The fourth-order valence-electron chi connectivity index (χ4n) is 6.20. The van der Waals surface area contributed by atoms with Crippen molar-refractivity contribution < 1.29 is 19.4 Å². The molecule has 0 aliphatic rings. The average Bonchev–Trinajstić information content (AvgIpc) is 2.98. The summed E-state index contributed by atoms with van der Waals surface area (Å²) in [7, 11) is 0. The van der Waals surface area contributed by atoms with Crippen molar-refractivity contribution >= 4 is 11.9 Å². The van der Waals surface area contributed by atoms with Crippen molar-refractivity contribution in [3.8, 4) is 0 Å². The van der Waals surface area contributed by atoms with Crippen molar-refractivity contribution in [2.75, 3.05) is 0 Å². The molecule has 0 saturated carbocycles. The van der Waals surface area contributed by atoms with Crippen molar-refractivity contribution in [3.63, 3.8) is 0 Å². The third kappa shape index (κ3) is 35.3. The van der Waals surface area contributed by atoms with Crippen LogP contribution >= 0.6 is 0 Å². The van der Waals surface area contributed by atoms with E-state index in [0.717, 1.165) is 25.7 Å². The smallest absolute Gasteiger partial charge is 0.307 e. The second-order valence-electron chi connectivity index (χ2n) is 13.5. The van der Waals surface area contributed by atoms with Crippen LogP contribution in [0.1, 0.15) is 232 Å². The summed E-state index contributed by atoms with van der Waals surface area (Å²) in [6, 6.07) is 0. The van der Waals surface area contributed by atoms with Gasteiger partial charge in [0.2, 0.25) is 0 Å². The van der Waals surface area contributed by atoms with Crippen LogP contribution in [-0.2, 0) is 14.3 Å². The molecule has 0 spiro atoms. The van der Waals surface area contributed by atoms with Crippen molar-refractivity contribution in [1.29, 1.82) is 0 Å². The second kappa shape index (κ2) is 35.4. The van der Waals surface area contributed by atoms with E-state index in [4.69, 9.17) is 4.74 Å². The molecule has 0 fully saturated rings. The van der Waals surface area contributed by atoms with Crippen LogP contribution in [0.15, 0.2) is 0 Å². The molecule has 0 radical (unpaired) electrons. The van der Waals surface area contributed by atoms with Crippen LogP contribution in [0.25, 0.3) is 0 Å². The Morgan fingerprint density at radius 2 is 0.721 bits per heavy atom. The van der Waals surface area contributed by atoms with Crippen LogP contribution in [-0.4, -0.2) is 23.1 Å². The lowest BCUT2D eigenvalue weighted by atomic mass is 10.0. The monoisotopic (exact) mass is 609 g/mol. The zero-order valence-corrected chi connectivity index (χ0v) is 29.3. The van der Waals surface area contributed by atoms with Gasteiger partial charge in [0, 0.05) is 6.42 Å². The van der Waals surface area contributed by atoms with E-state index in [1.54, 1.807) is 0 Å². The predicted molar refractivity (Wildman–Crippen MR) is 186 cm³/mol. The van der Waals surface area contributed by atoms with Gasteiger partial charge < -0.3 is 9.84 Å². The standard InChI is InChI=1S/C39H76O4/c1-3-5-7-9-11-13-15-17-18-19-20-21-22-23-24-26-28-30-32-34-37(36-38(40)41)43-39(42)35-33-31-29-27-25-16-14-12-10-8-6-4-2/h37H,3-36H2,1-2H3,(H,40,41). The second-order valence-corrected chi connectivity index (χ2v) is 13.5. The molecule has 0 aliphatic heterocycles. The van der Waals surface area contributed by atoms with E-state index in [0.29, 0.717) is 12.8 Å². The highest BCUT2D eigenvalue weighted by molar-refractivity contribution is 5.71. The Bertz CT molecular complexity index is 576. The van der Waals surface area contributed by atoms with Crippen LogP contribution in [0.2, 0.25) is 0 Å². The highest BCUT2D eigenvalue weighted by atomic mass is 16.5. The van der Waals surface area contributed by atoms with Crippen molar-refractivity contribution in [2.24, 2.45) is 0 Å². The van der Waals surface area contributed by atoms with Crippen molar-refractivity contribution in [1.82, 2.24) is 0 Å². The molecule has 256 valence electrons. The number of hydrogen-bond donors (Lipinski definition) is 1. The van der Waals surface area contributed by atoms with Crippen molar-refractivity contribution in [2.45, 2.75) is 238 Å². The van der Waals surface area contributed by atoms with Gasteiger partial charge in [0.15, 0.2) is 0 Å². The summed E-state index contributed by atoms with van der Waals surface area (Å²) >= 11 is 0. The minimum absolute atomic E-state index is 0.0662. The number of carbonyl (C=O) groups excluding carboxylic acids is 1. The number of carboxylic acid groups (broad SMARTS) is 1. The fourth-order valence-corrected chi connectivity index (χ4v) is 6.20. The largest absolute Gasteiger partial charge is 0.481 e. The summed E-state index contributed by atoms with van der Waals surface area (Å²) < 4.78 is 5.58. The van der Waals surface area contributed by atoms with E-state index in [9.17, 15) is 14.7 Å². The van der Waals surface area contributed by atoms with Gasteiger partial charge in [0.05, 0.1) is 6.42 Å². The van der Waals surface area contributed by atoms with Crippen LogP contribution in [0.5, 0.6) is 0 Å². The first-order valence-corrected chi connectivity index (χ1v) is 19.5. The van der Waals surface area contributed by atoms with Gasteiger partial charge >= 0.3 is 11.9 Å². The molecular formula is C39H76O4. The molecule has 1 unspecified atom stereocenters. The molecule has 1 atom stereocenters. The Kier molecular flexibility index (Phi) is 34.5. The molecule has 4 nitrogen and oxygen atoms in total. The van der Waals surface area contributed by atoms with E-state index >= 15 is 0 Å². The lowest BCUT2D eigenvalue weighted by molar-refractivity contribution is -0.153. The zero-order chi connectivity index (χ0) is 31.5. The molecule has 1 N–H and O–H groups in total. The van der Waals surface area contributed by atoms with Gasteiger partial charge in [-0.3, -0.25) is 9.59 Å². The molecule has 0 aromatic carbocycles. The maximum atomic E-state index is 12.3. The third-order valence-electron chi connectivity index (χ3n) is 9.06. The fraction of sp³-hybridized carbons (Fsp3) is 0.949. The zero-order valence-electron chi connectivity index (χ0n) is 29.3. The maximum absolute atomic E-state index is 12.3. The predicted octanol–water partition coefficient (Wildman–Crippen LogP) is 13.3. The Balaban J connectivity index is 3.57. The first kappa shape index (κ1) is 41.9. The number of aliphatic carboxylic acids is 1. The van der Waals surface area contributed by atoms with Crippen molar-refractivity contribution in [3.05, 3.63) is 0 Å². The molecule has 0 aromatic rings. The Morgan fingerprint density at radius 1 is 0.442 bits per heavy atom. The van der Waals surface area contributed by atoms with Gasteiger partial charge in [0.1, 0.15) is 6.10 Å². The Labute approximate surface area is 269 Å². The van der Waals surface area contributed by atoms with Gasteiger partial charge in [0.25, 0.3) is 0 Å². The van der Waals surface area contributed by atoms with E-state index in [1.807, 2.05) is 0 Å². The van der Waals surface area contributed by atoms with E-state index in [-0.39, 0.29) is 12.4 Å². The van der Waals surface area contributed by atoms with Gasteiger partial charge in [-0.1, -0.05) is 200 Å². The molecule has 0 aliphatic carbocycles. The molecular weight excluding hydrogens is 532 g/mol. The van der Waals surface area contributed by atoms with Crippen LogP contribution in [0, 0.1) is 0 Å². The molecule has 0 bridgehead atoms. The van der Waals surface area contributed by atoms with Crippen LogP contribution < -0.4 is 0 Å². The van der Waals surface area contributed by atoms with Gasteiger partial charge in [-0.2, -0.15) is 0 Å². The number of carbonyl (C=O) groups is 2. The molecule has 0 saturated heterocycles. The summed E-state index contributed by atoms with van der Waals surface area (Å²) in [5.74, 6) is -1.09. The molecule has 43 heavy (non-hydrogen) atoms. The normalized spacial score (nSPS) is 12.0. The third-order valence-corrected chi connectivity index (χ3v) is 9.06. The summed E-state index contributed by atoms with van der Waals surface area (Å²) in [6.07, 6.45) is 41.3. The Hall–Kier alpha value is -1.06. The van der Waals surface area contributed by atoms with Gasteiger partial charge in [-0.25, -0.2) is 0 Å². The number of hydrogen-bond acceptors (Lipinski definition) is 3. The minimum Gasteiger partial charge on any atom is -0.481 e. The number of rotatable bonds is 36. The van der Waals surface area contributed by atoms with Gasteiger partial charge in [-0.15, -0.1) is 0 Å². The lowest BCUT2D eigenvalue weighted by Gasteiger charge is -2.16. The molecule has 4 heteroatoms. The number of unbranched alkanes of at least 4 members (excludes halogenated alkanes) is 29. The highest BCUT2D eigenvalue weighted by Gasteiger charge is 2.17. The topological polar surface area (TPSA) is 63.6 Å². The lowest BCUT2D eigenvalue weighted by Crippen LogP contribution is -2.21. The molecule has 0 aromatic heterocycles. The minimum atomic E-state index is -0.874. The van der Waals surface area contributed by atoms with E-state index < -0.39 is 12.1 Å². The maximum Gasteiger partial charge on any atom is 0.307 e. The van der Waals surface area contributed by atoms with Gasteiger partial charge in [-0.05, 0) is 19.3 Å². The first-order valence-electron chi connectivity index (χ1n) is 19.5.